The van der Waals surface area contributed by atoms with E-state index in [9.17, 15) is 0 Å². The number of rotatable bonds is 0. The molecule has 0 spiro atoms. The second-order valence-corrected chi connectivity index (χ2v) is 12.5. The zero-order chi connectivity index (χ0) is 12.3. The second kappa shape index (κ2) is 7.39. The molecule has 3 saturated carbocycles. The van der Waals surface area contributed by atoms with Crippen LogP contribution >= 0.6 is 27.9 Å². The molecule has 4 heteroatoms. The van der Waals surface area contributed by atoms with E-state index in [0.717, 1.165) is 0 Å². The Morgan fingerprint density at radius 3 is 1.47 bits per heavy atom. The molecule has 3 rings (SSSR count). The van der Waals surface area contributed by atoms with Gasteiger partial charge in [-0.05, 0) is 55.8 Å². The maximum atomic E-state index is 4.97. The van der Waals surface area contributed by atoms with E-state index in [-0.39, 0.29) is 0 Å². The van der Waals surface area contributed by atoms with Crippen molar-refractivity contribution in [2.24, 2.45) is 0 Å². The van der Waals surface area contributed by atoms with Crippen molar-refractivity contribution >= 4 is 27.9 Å². The fourth-order valence-corrected chi connectivity index (χ4v) is 3.08. The van der Waals surface area contributed by atoms with Gasteiger partial charge < -0.3 is 0 Å². The van der Waals surface area contributed by atoms with Gasteiger partial charge >= 0.3 is 42.6 Å². The van der Waals surface area contributed by atoms with Crippen LogP contribution in [0.3, 0.4) is 0 Å². The van der Waals surface area contributed by atoms with Gasteiger partial charge in [0.15, 0.2) is 0 Å². The number of halogens is 3. The first-order valence-corrected chi connectivity index (χ1v) is 12.8. The molecule has 0 aromatic rings. The van der Waals surface area contributed by atoms with Crippen molar-refractivity contribution in [1.29, 1.82) is 0 Å². The molecule has 0 aliphatic heterocycles. The van der Waals surface area contributed by atoms with Gasteiger partial charge in [-0.2, -0.15) is 0 Å². The minimum absolute atomic E-state index is 1.36. The van der Waals surface area contributed by atoms with E-state index < -0.39 is 14.7 Å². The quantitative estimate of drug-likeness (QED) is 0.499. The van der Waals surface area contributed by atoms with Crippen molar-refractivity contribution in [2.45, 2.75) is 51.4 Å². The van der Waals surface area contributed by atoms with E-state index in [2.05, 4.69) is 6.42 Å². The summed E-state index contributed by atoms with van der Waals surface area (Å²) in [6.07, 6.45) is 13.7. The topological polar surface area (TPSA) is 0 Å². The predicted octanol–water partition coefficient (Wildman–Crippen LogP) is 5.72. The summed E-state index contributed by atoms with van der Waals surface area (Å²) in [6, 6.07) is 0. The van der Waals surface area contributed by atoms with E-state index in [4.69, 9.17) is 27.9 Å². The van der Waals surface area contributed by atoms with Crippen LogP contribution in [0.1, 0.15) is 51.4 Å². The van der Waals surface area contributed by atoms with Crippen LogP contribution in [-0.4, -0.2) is 0 Å². The average Bonchev–Trinajstić information content (AvgIpc) is 2.66. The Hall–Kier alpha value is 1.58. The van der Waals surface area contributed by atoms with E-state index in [1.54, 1.807) is 23.7 Å². The van der Waals surface area contributed by atoms with E-state index >= 15 is 0 Å². The van der Waals surface area contributed by atoms with Gasteiger partial charge in [0.2, 0.25) is 0 Å². The molecule has 0 atom stereocenters. The predicted molar refractivity (Wildman–Crippen MR) is 71.8 cm³/mol. The first-order chi connectivity index (χ1) is 8.18. The molecule has 0 heterocycles. The van der Waals surface area contributed by atoms with Crippen molar-refractivity contribution in [1.82, 2.24) is 0 Å². The Labute approximate surface area is 123 Å². The van der Waals surface area contributed by atoms with Crippen LogP contribution in [0.4, 0.5) is 0 Å². The summed E-state index contributed by atoms with van der Waals surface area (Å²) in [7, 11) is 14.9. The maximum absolute atomic E-state index is 4.97. The third kappa shape index (κ3) is 4.28. The summed E-state index contributed by atoms with van der Waals surface area (Å²) in [5, 5.41) is 0. The molecule has 0 N–H and O–H groups in total. The summed E-state index contributed by atoms with van der Waals surface area (Å²) in [4.78, 5) is 0. The van der Waals surface area contributed by atoms with Gasteiger partial charge in [0.25, 0.3) is 0 Å². The van der Waals surface area contributed by atoms with Crippen LogP contribution in [0, 0.1) is 30.1 Å². The third-order valence-corrected chi connectivity index (χ3v) is 3.73. The van der Waals surface area contributed by atoms with Crippen LogP contribution in [0.2, 0.25) is 0 Å². The van der Waals surface area contributed by atoms with Gasteiger partial charge in [0, 0.05) is 0 Å². The number of hydrogen-bond acceptors (Lipinski definition) is 0. The third-order valence-electron chi connectivity index (χ3n) is 3.73. The Morgan fingerprint density at radius 1 is 0.706 bits per heavy atom. The van der Waals surface area contributed by atoms with E-state index in [1.807, 2.05) is 0 Å². The van der Waals surface area contributed by atoms with Crippen molar-refractivity contribution in [2.75, 3.05) is 0 Å². The zero-order valence-corrected chi connectivity index (χ0v) is 13.7. The van der Waals surface area contributed by atoms with Gasteiger partial charge in [0.1, 0.15) is 0 Å². The molecule has 93 valence electrons. The van der Waals surface area contributed by atoms with Gasteiger partial charge in [0.05, 0.1) is 0 Å². The van der Waals surface area contributed by atoms with Gasteiger partial charge in [-0.25, -0.2) is 0 Å². The first-order valence-electron chi connectivity index (χ1n) is 6.31. The van der Waals surface area contributed by atoms with Crippen molar-refractivity contribution in [3.05, 3.63) is 30.1 Å². The molecule has 0 saturated heterocycles. The van der Waals surface area contributed by atoms with Crippen LogP contribution in [-0.2, 0) is 14.7 Å². The van der Waals surface area contributed by atoms with Crippen molar-refractivity contribution < 1.29 is 14.7 Å². The average molecular weight is 328 g/mol. The molecule has 0 bridgehead atoms. The van der Waals surface area contributed by atoms with E-state index in [0.29, 0.717) is 0 Å². The molecule has 3 aliphatic carbocycles. The minimum atomic E-state index is -1.92. The molecular weight excluding hydrogens is 310 g/mol. The molecule has 0 nitrogen and oxygen atoms in total. The molecule has 17 heavy (non-hydrogen) atoms. The molecule has 0 unspecified atom stereocenters. The fourth-order valence-electron chi connectivity index (χ4n) is 3.08. The normalized spacial score (nSPS) is 27.0. The molecule has 5 radical (unpaired) electrons. The van der Waals surface area contributed by atoms with Crippen LogP contribution in [0.15, 0.2) is 0 Å². The molecular formula is C13H17Cl3Ti+. The SMILES string of the molecule is [CH]1[C]2CCCC[C]2[C]2CCCC[C]12.[Cl][Ti+]([Cl])[Cl]. The monoisotopic (exact) mass is 326 g/mol. The molecule has 0 amide bonds. The molecule has 3 aliphatic rings. The fraction of sp³-hybridized carbons (Fsp3) is 0.615. The molecule has 3 fully saturated rings. The summed E-state index contributed by atoms with van der Waals surface area (Å²) < 4.78 is 0. The number of hydrogen-bond donors (Lipinski definition) is 0. The summed E-state index contributed by atoms with van der Waals surface area (Å²) >= 11 is -1.92. The Balaban J connectivity index is 0.000000239. The Morgan fingerprint density at radius 2 is 1.06 bits per heavy atom. The second-order valence-electron chi connectivity index (χ2n) is 4.78. The Bertz CT molecular complexity index is 212. The summed E-state index contributed by atoms with van der Waals surface area (Å²) in [5.41, 5.74) is 0. The van der Waals surface area contributed by atoms with Crippen molar-refractivity contribution in [3.63, 3.8) is 0 Å². The zero-order valence-electron chi connectivity index (χ0n) is 9.87. The molecule has 0 aromatic carbocycles. The standard InChI is InChI=1S/C13H17.3ClH.Ti/c1-3-7-12-10(5-1)9-11-6-2-4-8-13(11)12;;;;/h9H,1-8H2;3*1H;/q;;;;+4/p-3. The van der Waals surface area contributed by atoms with Crippen LogP contribution in [0.25, 0.3) is 0 Å². The molecule has 0 aromatic heterocycles. The summed E-state index contributed by atoms with van der Waals surface area (Å²) in [6.45, 7) is 0. The first kappa shape index (κ1) is 15.0. The van der Waals surface area contributed by atoms with Crippen LogP contribution in [0.5, 0.6) is 0 Å². The van der Waals surface area contributed by atoms with Gasteiger partial charge in [-0.3, -0.25) is 0 Å². The van der Waals surface area contributed by atoms with Crippen molar-refractivity contribution in [3.8, 4) is 0 Å². The number of fused-ring (bicyclic) bond motifs is 3. The van der Waals surface area contributed by atoms with Crippen LogP contribution < -0.4 is 0 Å². The summed E-state index contributed by atoms with van der Waals surface area (Å²) in [5.74, 6) is 6.94. The van der Waals surface area contributed by atoms with Gasteiger partial charge in [-0.15, -0.1) is 0 Å². The van der Waals surface area contributed by atoms with Gasteiger partial charge in [-0.1, -0.05) is 25.7 Å². The van der Waals surface area contributed by atoms with E-state index in [1.165, 1.54) is 51.4 Å². The Kier molecular flexibility index (Phi) is 6.51.